The Morgan fingerprint density at radius 1 is 1.27 bits per heavy atom. The minimum absolute atomic E-state index is 1.23. The van der Waals surface area contributed by atoms with Gasteiger partial charge >= 0.3 is 0 Å². The molecule has 0 spiro atoms. The van der Waals surface area contributed by atoms with Crippen molar-refractivity contribution >= 4 is 29.6 Å². The first-order valence-electron chi connectivity index (χ1n) is 5.33. The van der Waals surface area contributed by atoms with Crippen LogP contribution < -0.4 is 9.75 Å². The van der Waals surface area contributed by atoms with Crippen molar-refractivity contribution < 1.29 is 0 Å². The summed E-state index contributed by atoms with van der Waals surface area (Å²) in [5.74, 6) is 0. The molecule has 0 unspecified atom stereocenters. The van der Waals surface area contributed by atoms with Crippen molar-refractivity contribution in [2.24, 2.45) is 0 Å². The summed E-state index contributed by atoms with van der Waals surface area (Å²) in [7, 11) is 0. The highest BCUT2D eigenvalue weighted by molar-refractivity contribution is 7.10. The minimum atomic E-state index is 1.23. The van der Waals surface area contributed by atoms with Gasteiger partial charge in [-0.1, -0.05) is 44.7 Å². The molecule has 0 atom stereocenters. The van der Waals surface area contributed by atoms with E-state index in [2.05, 4.69) is 37.8 Å². The van der Waals surface area contributed by atoms with Gasteiger partial charge in [0.15, 0.2) is 0 Å². The van der Waals surface area contributed by atoms with Gasteiger partial charge in [-0.15, -0.1) is 11.3 Å². The van der Waals surface area contributed by atoms with E-state index in [0.717, 1.165) is 0 Å². The van der Waals surface area contributed by atoms with E-state index in [4.69, 9.17) is 0 Å². The van der Waals surface area contributed by atoms with Crippen LogP contribution in [0.4, 0.5) is 0 Å². The van der Waals surface area contributed by atoms with E-state index in [1.165, 1.54) is 14.6 Å². The minimum Gasteiger partial charge on any atom is -0.136 e. The molecule has 0 radical (unpaired) electrons. The zero-order chi connectivity index (χ0) is 11.7. The van der Waals surface area contributed by atoms with Crippen LogP contribution >= 0.6 is 11.3 Å². The molecule has 0 aliphatic carbocycles. The molecule has 15 heavy (non-hydrogen) atoms. The maximum Gasteiger partial charge on any atom is 0.0345 e. The maximum absolute atomic E-state index is 3.76. The van der Waals surface area contributed by atoms with Crippen LogP contribution in [0.15, 0.2) is 24.8 Å². The number of rotatable bonds is 2. The van der Waals surface area contributed by atoms with E-state index in [1.54, 1.807) is 11.3 Å². The van der Waals surface area contributed by atoms with E-state index in [0.29, 0.717) is 0 Å². The van der Waals surface area contributed by atoms with Gasteiger partial charge in [0.1, 0.15) is 0 Å². The van der Waals surface area contributed by atoms with Gasteiger partial charge in [-0.3, -0.25) is 0 Å². The summed E-state index contributed by atoms with van der Waals surface area (Å²) >= 11 is 1.77. The lowest BCUT2D eigenvalue weighted by molar-refractivity contribution is 1.50. The maximum atomic E-state index is 3.76. The molecule has 0 saturated carbocycles. The fourth-order valence-electron chi connectivity index (χ4n) is 1.08. The molecule has 1 heteroatoms. The number of thiophene rings is 1. The smallest absolute Gasteiger partial charge is 0.0345 e. The molecule has 0 aliphatic heterocycles. The summed E-state index contributed by atoms with van der Waals surface area (Å²) in [5.41, 5.74) is 0. The fraction of sp³-hybridized carbons (Fsp3) is 0.286. The molecule has 0 amide bonds. The topological polar surface area (TPSA) is 0 Å². The highest BCUT2D eigenvalue weighted by Crippen LogP contribution is 2.00. The van der Waals surface area contributed by atoms with Crippen LogP contribution in [0.3, 0.4) is 0 Å². The molecular weight excluding hydrogens is 200 g/mol. The lowest BCUT2D eigenvalue weighted by atomic mass is 10.3. The molecule has 0 saturated heterocycles. The van der Waals surface area contributed by atoms with E-state index >= 15 is 0 Å². The summed E-state index contributed by atoms with van der Waals surface area (Å²) in [6.07, 6.45) is 10.2. The van der Waals surface area contributed by atoms with Gasteiger partial charge in [-0.2, -0.15) is 0 Å². The second kappa shape index (κ2) is 8.25. The van der Waals surface area contributed by atoms with Gasteiger partial charge in [-0.05, 0) is 31.2 Å². The molecule has 0 aromatic carbocycles. The molecule has 82 valence electrons. The Kier molecular flexibility index (Phi) is 7.65. The molecule has 1 rings (SSSR count). The molecule has 1 heterocycles. The average Bonchev–Trinajstić information content (AvgIpc) is 2.71. The third kappa shape index (κ3) is 4.30. The molecule has 0 fully saturated rings. The number of allylic oxidation sites excluding steroid dienone is 2. The molecule has 0 nitrogen and oxygen atoms in total. The zero-order valence-corrected chi connectivity index (χ0v) is 10.9. The summed E-state index contributed by atoms with van der Waals surface area (Å²) in [5, 5.41) is 1.29. The molecular formula is C14H20S. The zero-order valence-electron chi connectivity index (χ0n) is 10.1. The predicted octanol–water partition coefficient (Wildman–Crippen LogP) is 3.57. The summed E-state index contributed by atoms with van der Waals surface area (Å²) in [4.78, 5) is 1.23. The van der Waals surface area contributed by atoms with Gasteiger partial charge in [0.2, 0.25) is 0 Å². The van der Waals surface area contributed by atoms with Crippen molar-refractivity contribution in [1.29, 1.82) is 0 Å². The first kappa shape index (κ1) is 13.9. The second-order valence-corrected chi connectivity index (χ2v) is 3.77. The first-order valence-corrected chi connectivity index (χ1v) is 6.15. The predicted molar refractivity (Wildman–Crippen MR) is 74.4 cm³/mol. The normalized spacial score (nSPS) is 12.8. The Labute approximate surface area is 97.0 Å². The van der Waals surface area contributed by atoms with Crippen LogP contribution in [0.5, 0.6) is 0 Å². The van der Waals surface area contributed by atoms with E-state index in [-0.39, 0.29) is 0 Å². The summed E-state index contributed by atoms with van der Waals surface area (Å²) < 4.78 is 1.30. The van der Waals surface area contributed by atoms with Gasteiger partial charge in [-0.25, -0.2) is 0 Å². The van der Waals surface area contributed by atoms with Crippen molar-refractivity contribution in [2.45, 2.75) is 27.7 Å². The quantitative estimate of drug-likeness (QED) is 0.715. The van der Waals surface area contributed by atoms with Gasteiger partial charge in [0, 0.05) is 9.41 Å². The van der Waals surface area contributed by atoms with E-state index < -0.39 is 0 Å². The third-order valence-corrected chi connectivity index (χ3v) is 2.87. The van der Waals surface area contributed by atoms with Crippen LogP contribution in [-0.2, 0) is 0 Å². The van der Waals surface area contributed by atoms with Crippen LogP contribution in [0.2, 0.25) is 0 Å². The SMILES string of the molecule is C=Cc1cc(=C/C)/c(=C\C=C/C)s1.CC. The standard InChI is InChI=1S/C12H14S.C2H6/c1-4-7-8-12-10(5-2)9-11(6-3)13-12;1-2/h4-9H,3H2,1-2H3;1-2H3/b7-4-,10-5-,12-8+;. The lowest BCUT2D eigenvalue weighted by Gasteiger charge is -1.74. The summed E-state index contributed by atoms with van der Waals surface area (Å²) in [6.45, 7) is 11.8. The van der Waals surface area contributed by atoms with Gasteiger partial charge in [0.25, 0.3) is 0 Å². The number of hydrogen-bond donors (Lipinski definition) is 0. The Morgan fingerprint density at radius 3 is 2.40 bits per heavy atom. The molecule has 0 N–H and O–H groups in total. The monoisotopic (exact) mass is 220 g/mol. The Bertz CT molecular complexity index is 419. The van der Waals surface area contributed by atoms with Crippen molar-refractivity contribution in [3.63, 3.8) is 0 Å². The van der Waals surface area contributed by atoms with E-state index in [1.807, 2.05) is 32.9 Å². The van der Waals surface area contributed by atoms with Crippen molar-refractivity contribution in [1.82, 2.24) is 0 Å². The Morgan fingerprint density at radius 2 is 1.93 bits per heavy atom. The van der Waals surface area contributed by atoms with Crippen molar-refractivity contribution in [3.8, 4) is 0 Å². The van der Waals surface area contributed by atoms with Crippen LogP contribution in [-0.4, -0.2) is 0 Å². The van der Waals surface area contributed by atoms with E-state index in [9.17, 15) is 0 Å². The highest BCUT2D eigenvalue weighted by Gasteiger charge is 1.90. The van der Waals surface area contributed by atoms with Gasteiger partial charge in [0.05, 0.1) is 0 Å². The van der Waals surface area contributed by atoms with Crippen molar-refractivity contribution in [3.05, 3.63) is 39.4 Å². The van der Waals surface area contributed by atoms with Crippen LogP contribution in [0, 0.1) is 0 Å². The van der Waals surface area contributed by atoms with Crippen LogP contribution in [0.1, 0.15) is 32.6 Å². The molecule has 0 aliphatic rings. The summed E-state index contributed by atoms with van der Waals surface area (Å²) in [6, 6.07) is 2.16. The fourth-order valence-corrected chi connectivity index (χ4v) is 2.04. The van der Waals surface area contributed by atoms with Crippen LogP contribution in [0.25, 0.3) is 18.2 Å². The largest absolute Gasteiger partial charge is 0.136 e. The number of hydrogen-bond acceptors (Lipinski definition) is 1. The van der Waals surface area contributed by atoms with Gasteiger partial charge < -0.3 is 0 Å². The molecule has 1 aromatic heterocycles. The van der Waals surface area contributed by atoms with Crippen molar-refractivity contribution in [2.75, 3.05) is 0 Å². The third-order valence-electron chi connectivity index (χ3n) is 1.76. The Hall–Kier alpha value is -1.08. The average molecular weight is 220 g/mol. The highest BCUT2D eigenvalue weighted by atomic mass is 32.1. The molecule has 0 bridgehead atoms. The molecule has 1 aromatic rings. The Balaban J connectivity index is 0.000000921. The lowest BCUT2D eigenvalue weighted by Crippen LogP contribution is -2.15. The first-order chi connectivity index (χ1) is 7.31. The second-order valence-electron chi connectivity index (χ2n) is 2.65.